The van der Waals surface area contributed by atoms with Crippen molar-refractivity contribution < 1.29 is 18.3 Å². The number of halogens is 4. The highest BCUT2D eigenvalue weighted by Crippen LogP contribution is 2.27. The zero-order valence-corrected chi connectivity index (χ0v) is 9.22. The Bertz CT molecular complexity index is 329. The van der Waals surface area contributed by atoms with Crippen LogP contribution in [0.5, 0.6) is 0 Å². The van der Waals surface area contributed by atoms with Crippen molar-refractivity contribution in [2.24, 2.45) is 0 Å². The number of rotatable bonds is 3. The Morgan fingerprint density at radius 1 is 1.47 bits per heavy atom. The second kappa shape index (κ2) is 4.94. The van der Waals surface area contributed by atoms with Crippen molar-refractivity contribution in [1.29, 1.82) is 0 Å². The van der Waals surface area contributed by atoms with Crippen LogP contribution in [0.15, 0.2) is 22.9 Å². The molecule has 1 unspecified atom stereocenters. The smallest absolute Gasteiger partial charge is 0.388 e. The van der Waals surface area contributed by atoms with Gasteiger partial charge in [-0.3, -0.25) is 0 Å². The van der Waals surface area contributed by atoms with Crippen molar-refractivity contribution in [1.82, 2.24) is 4.98 Å². The first-order chi connectivity index (χ1) is 6.88. The topological polar surface area (TPSA) is 33.1 Å². The Morgan fingerprint density at radius 2 is 2.13 bits per heavy atom. The molecule has 1 atom stereocenters. The molecule has 0 aliphatic rings. The van der Waals surface area contributed by atoms with Gasteiger partial charge in [-0.15, -0.1) is 0 Å². The quantitative estimate of drug-likeness (QED) is 0.864. The number of hydrogen-bond acceptors (Lipinski definition) is 2. The second-order valence-corrected chi connectivity index (χ2v) is 3.89. The summed E-state index contributed by atoms with van der Waals surface area (Å²) in [5.74, 6) is 0. The lowest BCUT2D eigenvalue weighted by Gasteiger charge is -2.12. The van der Waals surface area contributed by atoms with Crippen LogP contribution in [0.4, 0.5) is 13.2 Å². The van der Waals surface area contributed by atoms with E-state index >= 15 is 0 Å². The monoisotopic (exact) mass is 283 g/mol. The maximum atomic E-state index is 11.9. The van der Waals surface area contributed by atoms with E-state index in [0.29, 0.717) is 10.2 Å². The average molecular weight is 284 g/mol. The fourth-order valence-corrected chi connectivity index (χ4v) is 1.47. The molecule has 0 aliphatic heterocycles. The van der Waals surface area contributed by atoms with Gasteiger partial charge in [0.25, 0.3) is 0 Å². The number of aliphatic hydroxyl groups is 1. The molecular formula is C9H9BrF3NO. The van der Waals surface area contributed by atoms with Gasteiger partial charge in [-0.2, -0.15) is 13.2 Å². The minimum Gasteiger partial charge on any atom is -0.388 e. The van der Waals surface area contributed by atoms with Crippen molar-refractivity contribution in [3.8, 4) is 0 Å². The first kappa shape index (κ1) is 12.4. The highest BCUT2D eigenvalue weighted by atomic mass is 79.9. The summed E-state index contributed by atoms with van der Waals surface area (Å²) in [4.78, 5) is 3.81. The van der Waals surface area contributed by atoms with Crippen LogP contribution in [-0.4, -0.2) is 16.3 Å². The van der Waals surface area contributed by atoms with Crippen molar-refractivity contribution in [2.45, 2.75) is 25.1 Å². The Labute approximate surface area is 93.3 Å². The standard InChI is InChI=1S/C9H9BrF3NO/c10-8-5-6(2-4-14-8)7(15)1-3-9(11,12)13/h2,4-5,7,15H,1,3H2. The van der Waals surface area contributed by atoms with Crippen LogP contribution in [0.2, 0.25) is 0 Å². The molecule has 6 heteroatoms. The fraction of sp³-hybridized carbons (Fsp3) is 0.444. The summed E-state index contributed by atoms with van der Waals surface area (Å²) in [6.45, 7) is 0. The maximum absolute atomic E-state index is 11.9. The summed E-state index contributed by atoms with van der Waals surface area (Å²) in [6.07, 6.45) is -5.24. The van der Waals surface area contributed by atoms with Crippen molar-refractivity contribution in [3.05, 3.63) is 28.5 Å². The van der Waals surface area contributed by atoms with Crippen molar-refractivity contribution >= 4 is 15.9 Å². The first-order valence-corrected chi connectivity index (χ1v) is 5.04. The lowest BCUT2D eigenvalue weighted by atomic mass is 10.1. The van der Waals surface area contributed by atoms with Gasteiger partial charge in [0.1, 0.15) is 4.60 Å². The summed E-state index contributed by atoms with van der Waals surface area (Å²) in [5, 5.41) is 9.46. The van der Waals surface area contributed by atoms with E-state index in [1.165, 1.54) is 18.3 Å². The molecule has 1 N–H and O–H groups in total. The second-order valence-electron chi connectivity index (χ2n) is 3.08. The van der Waals surface area contributed by atoms with Crippen molar-refractivity contribution in [2.75, 3.05) is 0 Å². The summed E-state index contributed by atoms with van der Waals surface area (Å²) in [5.41, 5.74) is 0.432. The van der Waals surface area contributed by atoms with Crippen LogP contribution in [0, 0.1) is 0 Å². The molecule has 0 amide bonds. The van der Waals surface area contributed by atoms with E-state index in [-0.39, 0.29) is 6.42 Å². The molecule has 0 bridgehead atoms. The third kappa shape index (κ3) is 4.61. The SMILES string of the molecule is OC(CCC(F)(F)F)c1ccnc(Br)c1. The molecule has 0 spiro atoms. The summed E-state index contributed by atoms with van der Waals surface area (Å²) >= 11 is 3.08. The van der Waals surface area contributed by atoms with Crippen LogP contribution >= 0.6 is 15.9 Å². The summed E-state index contributed by atoms with van der Waals surface area (Å²) < 4.78 is 36.1. The molecule has 0 aliphatic carbocycles. The zero-order chi connectivity index (χ0) is 11.5. The molecule has 84 valence electrons. The maximum Gasteiger partial charge on any atom is 0.389 e. The zero-order valence-electron chi connectivity index (χ0n) is 7.63. The highest BCUT2D eigenvalue weighted by molar-refractivity contribution is 9.10. The van der Waals surface area contributed by atoms with Gasteiger partial charge in [0.05, 0.1) is 6.10 Å². The van der Waals surface area contributed by atoms with Gasteiger partial charge in [-0.1, -0.05) is 0 Å². The van der Waals surface area contributed by atoms with Gasteiger partial charge in [0.15, 0.2) is 0 Å². The van der Waals surface area contributed by atoms with Gasteiger partial charge >= 0.3 is 6.18 Å². The molecule has 0 fully saturated rings. The van der Waals surface area contributed by atoms with Crippen molar-refractivity contribution in [3.63, 3.8) is 0 Å². The third-order valence-corrected chi connectivity index (χ3v) is 2.27. The Morgan fingerprint density at radius 3 is 2.67 bits per heavy atom. The van der Waals surface area contributed by atoms with Gasteiger partial charge in [0, 0.05) is 12.6 Å². The normalized spacial score (nSPS) is 13.9. The van der Waals surface area contributed by atoms with E-state index in [1.54, 1.807) is 0 Å². The van der Waals surface area contributed by atoms with Gasteiger partial charge in [-0.05, 0) is 40.0 Å². The number of nitrogens with zero attached hydrogens (tertiary/aromatic N) is 1. The first-order valence-electron chi connectivity index (χ1n) is 4.25. The lowest BCUT2D eigenvalue weighted by Crippen LogP contribution is -2.10. The number of aromatic nitrogens is 1. The Hall–Kier alpha value is -0.620. The molecule has 0 radical (unpaired) electrons. The summed E-state index contributed by atoms with van der Waals surface area (Å²) in [7, 11) is 0. The molecule has 1 aromatic rings. The van der Waals surface area contributed by atoms with Crippen LogP contribution in [0.25, 0.3) is 0 Å². The molecule has 1 aromatic heterocycles. The van der Waals surface area contributed by atoms with Gasteiger partial charge in [-0.25, -0.2) is 4.98 Å². The molecule has 0 saturated carbocycles. The fourth-order valence-electron chi connectivity index (χ4n) is 1.09. The predicted octanol–water partition coefficient (Wildman–Crippen LogP) is 3.22. The van der Waals surface area contributed by atoms with E-state index < -0.39 is 18.7 Å². The van der Waals surface area contributed by atoms with Crippen LogP contribution in [0.3, 0.4) is 0 Å². The van der Waals surface area contributed by atoms with E-state index in [9.17, 15) is 18.3 Å². The minimum absolute atomic E-state index is 0.333. The van der Waals surface area contributed by atoms with E-state index in [1.807, 2.05) is 0 Å². The van der Waals surface area contributed by atoms with E-state index in [0.717, 1.165) is 0 Å². The number of hydrogen-bond donors (Lipinski definition) is 1. The van der Waals surface area contributed by atoms with Gasteiger partial charge in [0.2, 0.25) is 0 Å². The predicted molar refractivity (Wildman–Crippen MR) is 52.2 cm³/mol. The summed E-state index contributed by atoms with van der Waals surface area (Å²) in [6, 6.07) is 2.99. The minimum atomic E-state index is -4.23. The molecule has 15 heavy (non-hydrogen) atoms. The third-order valence-electron chi connectivity index (χ3n) is 1.84. The largest absolute Gasteiger partial charge is 0.389 e. The molecule has 2 nitrogen and oxygen atoms in total. The molecule has 0 aromatic carbocycles. The number of pyridine rings is 1. The average Bonchev–Trinajstić information content (AvgIpc) is 2.13. The van der Waals surface area contributed by atoms with E-state index in [2.05, 4.69) is 20.9 Å². The number of alkyl halides is 3. The van der Waals surface area contributed by atoms with E-state index in [4.69, 9.17) is 0 Å². The number of aliphatic hydroxyl groups excluding tert-OH is 1. The Kier molecular flexibility index (Phi) is 4.10. The van der Waals surface area contributed by atoms with Crippen LogP contribution in [-0.2, 0) is 0 Å². The Balaban J connectivity index is 2.58. The van der Waals surface area contributed by atoms with Crippen LogP contribution in [0.1, 0.15) is 24.5 Å². The van der Waals surface area contributed by atoms with Crippen LogP contribution < -0.4 is 0 Å². The molecule has 1 rings (SSSR count). The van der Waals surface area contributed by atoms with Gasteiger partial charge < -0.3 is 5.11 Å². The highest BCUT2D eigenvalue weighted by Gasteiger charge is 2.28. The molecular weight excluding hydrogens is 275 g/mol. The lowest BCUT2D eigenvalue weighted by molar-refractivity contribution is -0.140. The molecule has 1 heterocycles. The molecule has 0 saturated heterocycles.